The molecule has 27 heavy (non-hydrogen) atoms. The first-order chi connectivity index (χ1) is 12.7. The molecule has 1 aromatic carbocycles. The largest absolute Gasteiger partial charge is 0.444 e. The van der Waals surface area contributed by atoms with Gasteiger partial charge in [-0.25, -0.2) is 4.79 Å². The molecule has 0 spiro atoms. The van der Waals surface area contributed by atoms with E-state index in [0.717, 1.165) is 0 Å². The molecule has 1 saturated heterocycles. The summed E-state index contributed by atoms with van der Waals surface area (Å²) in [6, 6.07) is 4.77. The highest BCUT2D eigenvalue weighted by atomic mass is 16.6. The van der Waals surface area contributed by atoms with Crippen molar-refractivity contribution < 1.29 is 24.7 Å². The molecule has 9 nitrogen and oxygen atoms in total. The van der Waals surface area contributed by atoms with Crippen molar-refractivity contribution >= 4 is 24.4 Å². The van der Waals surface area contributed by atoms with Crippen LogP contribution in [0.25, 0.3) is 0 Å². The van der Waals surface area contributed by atoms with Crippen LogP contribution in [0.3, 0.4) is 0 Å². The lowest BCUT2D eigenvalue weighted by Crippen LogP contribution is -2.51. The monoisotopic (exact) mass is 376 g/mol. The second-order valence-corrected chi connectivity index (χ2v) is 7.14. The van der Waals surface area contributed by atoms with E-state index in [4.69, 9.17) is 15.2 Å². The molecule has 0 unspecified atom stereocenters. The normalized spacial score (nSPS) is 15.5. The summed E-state index contributed by atoms with van der Waals surface area (Å²) in [6.07, 6.45) is 1.98. The zero-order chi connectivity index (χ0) is 20.0. The third kappa shape index (κ3) is 5.70. The second kappa shape index (κ2) is 8.52. The molecule has 1 aromatic rings. The van der Waals surface area contributed by atoms with Gasteiger partial charge in [0.15, 0.2) is 0 Å². The molecule has 2 amide bonds. The summed E-state index contributed by atoms with van der Waals surface area (Å²) in [7, 11) is 0. The molecule has 0 radical (unpaired) electrons. The van der Waals surface area contributed by atoms with Gasteiger partial charge in [-0.2, -0.15) is 0 Å². The number of rotatable bonds is 3. The molecule has 0 atom stereocenters. The number of piperazine rings is 1. The van der Waals surface area contributed by atoms with Gasteiger partial charge in [0.25, 0.3) is 5.91 Å². The Bertz CT molecular complexity index is 716. The number of carbonyl (C=O) groups is 2. The standard InChI is InChI=1S/C18H24N4O5/c1-18(2,3)27-17(24)22-6-4-21(5-7-22)16(23)15-9-13(11-19-25)8-14(10-15)12-20-26/h8-12,25-26H,4-7H2,1-3H3. The second-order valence-electron chi connectivity index (χ2n) is 7.14. The Morgan fingerprint density at radius 3 is 1.89 bits per heavy atom. The Labute approximate surface area is 157 Å². The van der Waals surface area contributed by atoms with E-state index >= 15 is 0 Å². The van der Waals surface area contributed by atoms with Gasteiger partial charge >= 0.3 is 6.09 Å². The van der Waals surface area contributed by atoms with Crippen LogP contribution >= 0.6 is 0 Å². The lowest BCUT2D eigenvalue weighted by Gasteiger charge is -2.35. The van der Waals surface area contributed by atoms with Gasteiger partial charge in [-0.3, -0.25) is 4.79 Å². The molecule has 2 N–H and O–H groups in total. The van der Waals surface area contributed by atoms with Crippen LogP contribution in [-0.2, 0) is 4.74 Å². The van der Waals surface area contributed by atoms with Gasteiger partial charge in [0.1, 0.15) is 5.60 Å². The van der Waals surface area contributed by atoms with E-state index < -0.39 is 11.7 Å². The van der Waals surface area contributed by atoms with Crippen LogP contribution in [0.5, 0.6) is 0 Å². The smallest absolute Gasteiger partial charge is 0.410 e. The van der Waals surface area contributed by atoms with E-state index in [-0.39, 0.29) is 5.91 Å². The molecule has 0 saturated carbocycles. The van der Waals surface area contributed by atoms with Crippen molar-refractivity contribution in [2.75, 3.05) is 26.2 Å². The van der Waals surface area contributed by atoms with Crippen molar-refractivity contribution in [2.45, 2.75) is 26.4 Å². The number of hydrogen-bond acceptors (Lipinski definition) is 7. The maximum Gasteiger partial charge on any atom is 0.410 e. The molecule has 0 aliphatic carbocycles. The molecular weight excluding hydrogens is 352 g/mol. The van der Waals surface area contributed by atoms with Crippen LogP contribution < -0.4 is 0 Å². The number of oxime groups is 2. The van der Waals surface area contributed by atoms with Gasteiger partial charge in [-0.05, 0) is 50.1 Å². The van der Waals surface area contributed by atoms with Gasteiger partial charge in [0.05, 0.1) is 12.4 Å². The van der Waals surface area contributed by atoms with Crippen LogP contribution in [0.4, 0.5) is 4.79 Å². The average Bonchev–Trinajstić information content (AvgIpc) is 2.60. The molecule has 1 aliphatic heterocycles. The minimum absolute atomic E-state index is 0.223. The Morgan fingerprint density at radius 2 is 1.44 bits per heavy atom. The Kier molecular flexibility index (Phi) is 6.38. The summed E-state index contributed by atoms with van der Waals surface area (Å²) in [5, 5.41) is 23.4. The molecule has 0 aromatic heterocycles. The molecule has 2 rings (SSSR count). The fourth-order valence-corrected chi connectivity index (χ4v) is 2.68. The summed E-state index contributed by atoms with van der Waals surface area (Å²) >= 11 is 0. The fourth-order valence-electron chi connectivity index (χ4n) is 2.68. The highest BCUT2D eigenvalue weighted by Crippen LogP contribution is 2.15. The highest BCUT2D eigenvalue weighted by Gasteiger charge is 2.28. The summed E-state index contributed by atoms with van der Waals surface area (Å²) < 4.78 is 5.35. The first-order valence-electron chi connectivity index (χ1n) is 8.50. The van der Waals surface area contributed by atoms with Crippen LogP contribution in [0.2, 0.25) is 0 Å². The van der Waals surface area contributed by atoms with Crippen molar-refractivity contribution in [1.82, 2.24) is 9.80 Å². The zero-order valence-corrected chi connectivity index (χ0v) is 15.6. The minimum atomic E-state index is -0.566. The van der Waals surface area contributed by atoms with Crippen LogP contribution in [0.1, 0.15) is 42.3 Å². The van der Waals surface area contributed by atoms with Crippen LogP contribution in [-0.4, -0.2) is 76.4 Å². The van der Waals surface area contributed by atoms with E-state index in [2.05, 4.69) is 10.3 Å². The lowest BCUT2D eigenvalue weighted by atomic mass is 10.1. The molecule has 1 fully saturated rings. The average molecular weight is 376 g/mol. The summed E-state index contributed by atoms with van der Waals surface area (Å²) in [5.74, 6) is -0.223. The maximum atomic E-state index is 12.8. The number of ether oxygens (including phenoxy) is 1. The van der Waals surface area contributed by atoms with E-state index in [1.54, 1.807) is 48.8 Å². The summed E-state index contributed by atoms with van der Waals surface area (Å²) in [5.41, 5.74) is 0.785. The number of nitrogens with zero attached hydrogens (tertiary/aromatic N) is 4. The third-order valence-electron chi connectivity index (χ3n) is 3.86. The number of amides is 2. The van der Waals surface area contributed by atoms with Crippen molar-refractivity contribution in [3.05, 3.63) is 34.9 Å². The van der Waals surface area contributed by atoms with Gasteiger partial charge in [0.2, 0.25) is 0 Å². The Hall–Kier alpha value is -3.10. The SMILES string of the molecule is CC(C)(C)OC(=O)N1CCN(C(=O)c2cc(C=NO)cc(C=NO)c2)CC1. The van der Waals surface area contributed by atoms with Crippen LogP contribution in [0, 0.1) is 0 Å². The zero-order valence-electron chi connectivity index (χ0n) is 15.6. The van der Waals surface area contributed by atoms with Crippen molar-refractivity contribution in [1.29, 1.82) is 0 Å². The predicted molar refractivity (Wildman–Crippen MR) is 98.9 cm³/mol. The summed E-state index contributed by atoms with van der Waals surface area (Å²) in [6.45, 7) is 6.92. The van der Waals surface area contributed by atoms with Gasteiger partial charge < -0.3 is 25.0 Å². The molecule has 1 heterocycles. The molecule has 9 heteroatoms. The summed E-state index contributed by atoms with van der Waals surface area (Å²) in [4.78, 5) is 28.1. The van der Waals surface area contributed by atoms with Crippen molar-refractivity contribution in [3.63, 3.8) is 0 Å². The Morgan fingerprint density at radius 1 is 0.963 bits per heavy atom. The molecule has 0 bridgehead atoms. The third-order valence-corrected chi connectivity index (χ3v) is 3.86. The molecule has 146 valence electrons. The number of benzene rings is 1. The van der Waals surface area contributed by atoms with Gasteiger partial charge in [-0.1, -0.05) is 10.3 Å². The van der Waals surface area contributed by atoms with Crippen LogP contribution in [0.15, 0.2) is 28.5 Å². The van der Waals surface area contributed by atoms with E-state index in [1.165, 1.54) is 12.4 Å². The topological polar surface area (TPSA) is 115 Å². The first kappa shape index (κ1) is 20.2. The molecule has 1 aliphatic rings. The van der Waals surface area contributed by atoms with Crippen molar-refractivity contribution in [3.8, 4) is 0 Å². The van der Waals surface area contributed by atoms with E-state index in [9.17, 15) is 9.59 Å². The van der Waals surface area contributed by atoms with E-state index in [1.807, 2.05) is 0 Å². The van der Waals surface area contributed by atoms with Crippen molar-refractivity contribution in [2.24, 2.45) is 10.3 Å². The number of carbonyl (C=O) groups excluding carboxylic acids is 2. The minimum Gasteiger partial charge on any atom is -0.444 e. The van der Waals surface area contributed by atoms with E-state index in [0.29, 0.717) is 42.9 Å². The Balaban J connectivity index is 2.08. The maximum absolute atomic E-state index is 12.8. The highest BCUT2D eigenvalue weighted by molar-refractivity contribution is 5.98. The quantitative estimate of drug-likeness (QED) is 0.476. The van der Waals surface area contributed by atoms with Gasteiger partial charge in [0, 0.05) is 31.7 Å². The molecular formula is C18H24N4O5. The first-order valence-corrected chi connectivity index (χ1v) is 8.50. The predicted octanol–water partition coefficient (Wildman–Crippen LogP) is 2.00. The van der Waals surface area contributed by atoms with Gasteiger partial charge in [-0.15, -0.1) is 0 Å². The fraction of sp³-hybridized carbons (Fsp3) is 0.444. The lowest BCUT2D eigenvalue weighted by molar-refractivity contribution is 0.0141. The number of hydrogen-bond donors (Lipinski definition) is 2.